The lowest BCUT2D eigenvalue weighted by molar-refractivity contribution is 0.418. The average molecular weight is 168 g/mol. The van der Waals surface area contributed by atoms with Crippen molar-refractivity contribution in [2.24, 2.45) is 0 Å². The summed E-state index contributed by atoms with van der Waals surface area (Å²) in [5.74, 6) is 1.47. The van der Waals surface area contributed by atoms with Gasteiger partial charge < -0.3 is 5.73 Å². The summed E-state index contributed by atoms with van der Waals surface area (Å²) in [6.07, 6.45) is 3.99. The van der Waals surface area contributed by atoms with Crippen LogP contribution in [0.4, 0.5) is 5.82 Å². The molecule has 0 saturated heterocycles. The Kier molecular flexibility index (Phi) is 1.60. The molecule has 0 radical (unpaired) electrons. The Hall–Kier alpha value is -0.570. The van der Waals surface area contributed by atoms with Gasteiger partial charge in [0.2, 0.25) is 0 Å². The quantitative estimate of drug-likeness (QED) is 0.698. The first-order chi connectivity index (χ1) is 5.27. The Labute approximate surface area is 70.5 Å². The normalized spacial score (nSPS) is 18.3. The van der Waals surface area contributed by atoms with Gasteiger partial charge in [0.1, 0.15) is 5.82 Å². The third kappa shape index (κ3) is 1.13. The smallest absolute Gasteiger partial charge is 0.137 e. The number of nitrogens with zero attached hydrogens (tertiary/aromatic N) is 1. The zero-order valence-electron chi connectivity index (χ0n) is 6.63. The van der Waals surface area contributed by atoms with Crippen molar-refractivity contribution in [3.63, 3.8) is 0 Å². The molecule has 0 aromatic carbocycles. The molecule has 1 aliphatic carbocycles. The summed E-state index contributed by atoms with van der Waals surface area (Å²) in [7, 11) is 0. The Morgan fingerprint density at radius 1 is 1.55 bits per heavy atom. The van der Waals surface area contributed by atoms with E-state index in [0.717, 1.165) is 11.7 Å². The molecule has 1 heterocycles. The fourth-order valence-corrected chi connectivity index (χ4v) is 2.27. The summed E-state index contributed by atoms with van der Waals surface area (Å²) in [6, 6.07) is 0. The SMILES string of the molecule is Cc1sc(C2CCC2)nc1N. The fraction of sp³-hybridized carbons (Fsp3) is 0.625. The number of hydrogen-bond donors (Lipinski definition) is 1. The number of hydrogen-bond acceptors (Lipinski definition) is 3. The number of rotatable bonds is 1. The highest BCUT2D eigenvalue weighted by atomic mass is 32.1. The van der Waals surface area contributed by atoms with Gasteiger partial charge in [-0.3, -0.25) is 0 Å². The van der Waals surface area contributed by atoms with Crippen molar-refractivity contribution in [1.29, 1.82) is 0 Å². The molecule has 0 bridgehead atoms. The summed E-state index contributed by atoms with van der Waals surface area (Å²) in [5, 5.41) is 1.26. The molecule has 1 fully saturated rings. The number of thiazole rings is 1. The Bertz CT molecular complexity index is 244. The highest BCUT2D eigenvalue weighted by Crippen LogP contribution is 2.39. The molecular formula is C8H12N2S. The van der Waals surface area contributed by atoms with Crippen LogP contribution in [0.3, 0.4) is 0 Å². The standard InChI is InChI=1S/C8H12N2S/c1-5-7(9)10-8(11-5)6-3-2-4-6/h6H,2-4,9H2,1H3. The van der Waals surface area contributed by atoms with Crippen molar-refractivity contribution in [3.8, 4) is 0 Å². The number of nitrogen functional groups attached to an aromatic ring is 1. The van der Waals surface area contributed by atoms with E-state index in [4.69, 9.17) is 5.73 Å². The molecule has 2 nitrogen and oxygen atoms in total. The van der Waals surface area contributed by atoms with Gasteiger partial charge in [-0.15, -0.1) is 11.3 Å². The van der Waals surface area contributed by atoms with Gasteiger partial charge in [-0.25, -0.2) is 4.98 Å². The van der Waals surface area contributed by atoms with Gasteiger partial charge >= 0.3 is 0 Å². The molecule has 2 N–H and O–H groups in total. The van der Waals surface area contributed by atoms with Crippen LogP contribution in [0.15, 0.2) is 0 Å². The Morgan fingerprint density at radius 3 is 2.64 bits per heavy atom. The lowest BCUT2D eigenvalue weighted by Gasteiger charge is -2.22. The van der Waals surface area contributed by atoms with Crippen molar-refractivity contribution in [2.45, 2.75) is 32.1 Å². The first-order valence-electron chi connectivity index (χ1n) is 4.00. The third-order valence-corrected chi connectivity index (χ3v) is 3.45. The fourth-order valence-electron chi connectivity index (χ4n) is 1.26. The number of nitrogens with two attached hydrogens (primary N) is 1. The molecule has 1 aromatic heterocycles. The van der Waals surface area contributed by atoms with Crippen LogP contribution in [0, 0.1) is 6.92 Å². The zero-order chi connectivity index (χ0) is 7.84. The van der Waals surface area contributed by atoms with Crippen LogP contribution >= 0.6 is 11.3 Å². The van der Waals surface area contributed by atoms with Crippen molar-refractivity contribution in [3.05, 3.63) is 9.88 Å². The number of aryl methyl sites for hydroxylation is 1. The maximum atomic E-state index is 5.66. The van der Waals surface area contributed by atoms with Crippen molar-refractivity contribution >= 4 is 17.2 Å². The van der Waals surface area contributed by atoms with Crippen LogP contribution in [-0.4, -0.2) is 4.98 Å². The average Bonchev–Trinajstić information content (AvgIpc) is 2.08. The third-order valence-electron chi connectivity index (χ3n) is 2.30. The molecular weight excluding hydrogens is 156 g/mol. The molecule has 3 heteroatoms. The van der Waals surface area contributed by atoms with Crippen LogP contribution in [-0.2, 0) is 0 Å². The molecule has 1 saturated carbocycles. The molecule has 1 aromatic rings. The maximum absolute atomic E-state index is 5.66. The van der Waals surface area contributed by atoms with Gasteiger partial charge in [-0.05, 0) is 19.8 Å². The van der Waals surface area contributed by atoms with Gasteiger partial charge in [0, 0.05) is 10.8 Å². The second kappa shape index (κ2) is 2.48. The largest absolute Gasteiger partial charge is 0.383 e. The molecule has 11 heavy (non-hydrogen) atoms. The van der Waals surface area contributed by atoms with Gasteiger partial charge in [0.05, 0.1) is 5.01 Å². The molecule has 2 rings (SSSR count). The van der Waals surface area contributed by atoms with Crippen LogP contribution < -0.4 is 5.73 Å². The van der Waals surface area contributed by atoms with Crippen LogP contribution in [0.25, 0.3) is 0 Å². The van der Waals surface area contributed by atoms with E-state index in [2.05, 4.69) is 4.98 Å². The van der Waals surface area contributed by atoms with Gasteiger partial charge in [0.25, 0.3) is 0 Å². The maximum Gasteiger partial charge on any atom is 0.137 e. The van der Waals surface area contributed by atoms with Crippen molar-refractivity contribution in [1.82, 2.24) is 4.98 Å². The summed E-state index contributed by atoms with van der Waals surface area (Å²) in [5.41, 5.74) is 5.66. The number of aromatic nitrogens is 1. The Balaban J connectivity index is 2.24. The van der Waals surface area contributed by atoms with Gasteiger partial charge in [-0.1, -0.05) is 6.42 Å². The lowest BCUT2D eigenvalue weighted by atomic mass is 9.86. The summed E-state index contributed by atoms with van der Waals surface area (Å²) in [6.45, 7) is 2.04. The Morgan fingerprint density at radius 2 is 2.27 bits per heavy atom. The van der Waals surface area contributed by atoms with E-state index in [1.807, 2.05) is 6.92 Å². The van der Waals surface area contributed by atoms with Crippen molar-refractivity contribution in [2.75, 3.05) is 5.73 Å². The topological polar surface area (TPSA) is 38.9 Å². The monoisotopic (exact) mass is 168 g/mol. The van der Waals surface area contributed by atoms with Gasteiger partial charge in [0.15, 0.2) is 0 Å². The zero-order valence-corrected chi connectivity index (χ0v) is 7.45. The van der Waals surface area contributed by atoms with E-state index in [1.165, 1.54) is 29.1 Å². The minimum absolute atomic E-state index is 0.732. The number of anilines is 1. The molecule has 0 amide bonds. The lowest BCUT2D eigenvalue weighted by Crippen LogP contribution is -2.08. The van der Waals surface area contributed by atoms with E-state index in [1.54, 1.807) is 11.3 Å². The second-order valence-electron chi connectivity index (χ2n) is 3.12. The minimum atomic E-state index is 0.732. The van der Waals surface area contributed by atoms with E-state index in [0.29, 0.717) is 0 Å². The van der Waals surface area contributed by atoms with Crippen molar-refractivity contribution < 1.29 is 0 Å². The van der Waals surface area contributed by atoms with Crippen LogP contribution in [0.1, 0.15) is 35.1 Å². The second-order valence-corrected chi connectivity index (χ2v) is 4.36. The minimum Gasteiger partial charge on any atom is -0.383 e. The summed E-state index contributed by atoms with van der Waals surface area (Å²) in [4.78, 5) is 5.50. The van der Waals surface area contributed by atoms with E-state index in [9.17, 15) is 0 Å². The predicted molar refractivity (Wildman–Crippen MR) is 47.9 cm³/mol. The van der Waals surface area contributed by atoms with Crippen LogP contribution in [0.5, 0.6) is 0 Å². The summed E-state index contributed by atoms with van der Waals surface area (Å²) < 4.78 is 0. The van der Waals surface area contributed by atoms with Crippen LogP contribution in [0.2, 0.25) is 0 Å². The van der Waals surface area contributed by atoms with E-state index in [-0.39, 0.29) is 0 Å². The molecule has 0 aliphatic heterocycles. The predicted octanol–water partition coefficient (Wildman–Crippen LogP) is 2.30. The molecule has 0 spiro atoms. The molecule has 1 aliphatic rings. The molecule has 0 atom stereocenters. The van der Waals surface area contributed by atoms with E-state index >= 15 is 0 Å². The first-order valence-corrected chi connectivity index (χ1v) is 4.82. The van der Waals surface area contributed by atoms with E-state index < -0.39 is 0 Å². The molecule has 60 valence electrons. The highest BCUT2D eigenvalue weighted by Gasteiger charge is 2.22. The first kappa shape index (κ1) is 7.10. The highest BCUT2D eigenvalue weighted by molar-refractivity contribution is 7.12. The van der Waals surface area contributed by atoms with Gasteiger partial charge in [-0.2, -0.15) is 0 Å². The molecule has 0 unspecified atom stereocenters. The summed E-state index contributed by atoms with van der Waals surface area (Å²) >= 11 is 1.76.